The van der Waals surface area contributed by atoms with Gasteiger partial charge in [-0.15, -0.1) is 0 Å². The molecule has 0 fully saturated rings. The van der Waals surface area contributed by atoms with Crippen molar-refractivity contribution in [1.82, 2.24) is 0 Å². The molecule has 0 aliphatic carbocycles. The minimum atomic E-state index is -4.25. The molecule has 1 rings (SSSR count). The van der Waals surface area contributed by atoms with Gasteiger partial charge in [-0.25, -0.2) is 12.8 Å². The number of rotatable bonds is 5. The summed E-state index contributed by atoms with van der Waals surface area (Å²) in [6.45, 7) is 1.43. The zero-order chi connectivity index (χ0) is 15.5. The zero-order valence-electron chi connectivity index (χ0n) is 10.1. The molecule has 0 saturated heterocycles. The van der Waals surface area contributed by atoms with Crippen LogP contribution in [0.2, 0.25) is 0 Å². The molecule has 7 nitrogen and oxygen atoms in total. The summed E-state index contributed by atoms with van der Waals surface area (Å²) >= 11 is 0. The number of nitriles is 1. The van der Waals surface area contributed by atoms with Crippen LogP contribution in [-0.4, -0.2) is 18.6 Å². The van der Waals surface area contributed by atoms with Crippen molar-refractivity contribution in [2.75, 3.05) is 4.72 Å². The molecule has 0 heterocycles. The van der Waals surface area contributed by atoms with Gasteiger partial charge in [-0.05, 0) is 6.42 Å². The van der Waals surface area contributed by atoms with E-state index in [2.05, 4.69) is 0 Å². The fourth-order valence-corrected chi connectivity index (χ4v) is 2.54. The molecular formula is C10H9F2N3O4S. The highest BCUT2D eigenvalue weighted by Crippen LogP contribution is 2.26. The maximum Gasteiger partial charge on any atom is 0.307 e. The summed E-state index contributed by atoms with van der Waals surface area (Å²) in [6, 6.07) is 2.12. The average Bonchev–Trinajstić information content (AvgIpc) is 2.33. The van der Waals surface area contributed by atoms with Crippen molar-refractivity contribution in [3.8, 4) is 6.07 Å². The molecule has 108 valence electrons. The lowest BCUT2D eigenvalue weighted by molar-refractivity contribution is -0.387. The second-order valence-corrected chi connectivity index (χ2v) is 5.58. The van der Waals surface area contributed by atoms with E-state index in [9.17, 15) is 27.3 Å². The molecule has 0 radical (unpaired) electrons. The van der Waals surface area contributed by atoms with Gasteiger partial charge in [-0.1, -0.05) is 6.92 Å². The number of hydrogen-bond acceptors (Lipinski definition) is 5. The number of nitrogens with one attached hydrogen (secondary N) is 1. The molecule has 20 heavy (non-hydrogen) atoms. The maximum atomic E-state index is 13.4. The van der Waals surface area contributed by atoms with Gasteiger partial charge in [-0.2, -0.15) is 9.65 Å². The zero-order valence-corrected chi connectivity index (χ0v) is 10.9. The van der Waals surface area contributed by atoms with Crippen molar-refractivity contribution >= 4 is 21.4 Å². The quantitative estimate of drug-likeness (QED) is 0.659. The van der Waals surface area contributed by atoms with E-state index in [1.165, 1.54) is 13.0 Å². The van der Waals surface area contributed by atoms with Crippen LogP contribution in [0.4, 0.5) is 20.2 Å². The Kier molecular flexibility index (Phi) is 4.57. The van der Waals surface area contributed by atoms with Gasteiger partial charge < -0.3 is 0 Å². The average molecular weight is 305 g/mol. The second kappa shape index (κ2) is 5.79. The van der Waals surface area contributed by atoms with Gasteiger partial charge in [0.2, 0.25) is 15.8 Å². The highest BCUT2D eigenvalue weighted by molar-refractivity contribution is 7.93. The summed E-state index contributed by atoms with van der Waals surface area (Å²) in [4.78, 5) is 9.39. The Labute approximate surface area is 113 Å². The molecule has 10 heteroatoms. The summed E-state index contributed by atoms with van der Waals surface area (Å²) in [6.07, 6.45) is -0.0588. The number of halogens is 2. The van der Waals surface area contributed by atoms with Gasteiger partial charge in [-0.3, -0.25) is 14.8 Å². The van der Waals surface area contributed by atoms with E-state index in [-0.39, 0.29) is 12.5 Å². The van der Waals surface area contributed by atoms with E-state index in [1.54, 1.807) is 4.72 Å². The van der Waals surface area contributed by atoms with Crippen LogP contribution in [0, 0.1) is 33.1 Å². The first kappa shape index (κ1) is 15.8. The van der Waals surface area contributed by atoms with Gasteiger partial charge in [0.25, 0.3) is 0 Å². The first-order valence-electron chi connectivity index (χ1n) is 5.27. The molecule has 1 N–H and O–H groups in total. The number of sulfonamides is 1. The predicted octanol–water partition coefficient (Wildman–Crippen LogP) is 1.92. The Bertz CT molecular complexity index is 684. The van der Waals surface area contributed by atoms with Crippen molar-refractivity contribution in [3.63, 3.8) is 0 Å². The summed E-state index contributed by atoms with van der Waals surface area (Å²) < 4.78 is 51.7. The van der Waals surface area contributed by atoms with Crippen LogP contribution in [0.5, 0.6) is 0 Å². The molecule has 0 spiro atoms. The smallest absolute Gasteiger partial charge is 0.279 e. The van der Waals surface area contributed by atoms with E-state index in [0.29, 0.717) is 6.07 Å². The van der Waals surface area contributed by atoms with E-state index in [0.717, 1.165) is 0 Å². The summed E-state index contributed by atoms with van der Waals surface area (Å²) in [5.74, 6) is -2.74. The van der Waals surface area contributed by atoms with Gasteiger partial charge in [0, 0.05) is 12.1 Å². The van der Waals surface area contributed by atoms with Crippen LogP contribution in [0.3, 0.4) is 0 Å². The van der Waals surface area contributed by atoms with E-state index < -0.39 is 43.2 Å². The third-order valence-corrected chi connectivity index (χ3v) is 4.07. The Balaban J connectivity index is 3.26. The molecule has 0 aliphatic rings. The first-order chi connectivity index (χ1) is 9.22. The topological polar surface area (TPSA) is 113 Å². The van der Waals surface area contributed by atoms with Crippen LogP contribution in [0.1, 0.15) is 13.3 Å². The van der Waals surface area contributed by atoms with Crippen molar-refractivity contribution in [2.24, 2.45) is 0 Å². The molecule has 0 bridgehead atoms. The number of nitrogens with zero attached hydrogens (tertiary/aromatic N) is 2. The van der Waals surface area contributed by atoms with Crippen molar-refractivity contribution in [2.45, 2.75) is 18.6 Å². The first-order valence-corrected chi connectivity index (χ1v) is 6.82. The monoisotopic (exact) mass is 305 g/mol. The molecule has 1 unspecified atom stereocenters. The van der Waals surface area contributed by atoms with E-state index in [1.807, 2.05) is 0 Å². The third kappa shape index (κ3) is 3.18. The molecule has 0 amide bonds. The number of nitro groups is 1. The van der Waals surface area contributed by atoms with Crippen LogP contribution >= 0.6 is 0 Å². The minimum Gasteiger partial charge on any atom is -0.279 e. The maximum absolute atomic E-state index is 13.4. The number of anilines is 1. The second-order valence-electron chi connectivity index (χ2n) is 3.71. The molecular weight excluding hydrogens is 296 g/mol. The lowest BCUT2D eigenvalue weighted by Crippen LogP contribution is -2.26. The van der Waals surface area contributed by atoms with Gasteiger partial charge >= 0.3 is 5.69 Å². The van der Waals surface area contributed by atoms with Crippen LogP contribution in [0.25, 0.3) is 0 Å². The standard InChI is InChI=1S/C10H9F2N3O4S/c1-2-6(5-13)20(18,19)14-9-4-10(15(16)17)8(12)3-7(9)11/h3-4,6,14H,2H2,1H3. The van der Waals surface area contributed by atoms with Gasteiger partial charge in [0.05, 0.1) is 16.7 Å². The Hall–Kier alpha value is -2.28. The molecule has 1 atom stereocenters. The van der Waals surface area contributed by atoms with Gasteiger partial charge in [0.15, 0.2) is 11.1 Å². The summed E-state index contributed by atoms with van der Waals surface area (Å²) in [5.41, 5.74) is -1.86. The number of benzene rings is 1. The predicted molar refractivity (Wildman–Crippen MR) is 65.2 cm³/mol. The highest BCUT2D eigenvalue weighted by Gasteiger charge is 2.26. The fraction of sp³-hybridized carbons (Fsp3) is 0.300. The lowest BCUT2D eigenvalue weighted by Gasteiger charge is -2.11. The van der Waals surface area contributed by atoms with Crippen molar-refractivity contribution < 1.29 is 22.1 Å². The Morgan fingerprint density at radius 3 is 2.50 bits per heavy atom. The third-order valence-electron chi connectivity index (χ3n) is 2.37. The van der Waals surface area contributed by atoms with Gasteiger partial charge in [0.1, 0.15) is 0 Å². The summed E-state index contributed by atoms with van der Waals surface area (Å²) in [5, 5.41) is 17.7. The van der Waals surface area contributed by atoms with Crippen LogP contribution in [0.15, 0.2) is 12.1 Å². The van der Waals surface area contributed by atoms with E-state index in [4.69, 9.17) is 5.26 Å². The number of hydrogen-bond donors (Lipinski definition) is 1. The Morgan fingerprint density at radius 2 is 2.05 bits per heavy atom. The highest BCUT2D eigenvalue weighted by atomic mass is 32.2. The SMILES string of the molecule is CCC(C#N)S(=O)(=O)Nc1cc([N+](=O)[O-])c(F)cc1F. The molecule has 0 aromatic heterocycles. The normalized spacial score (nSPS) is 12.5. The van der Waals surface area contributed by atoms with Crippen molar-refractivity contribution in [1.29, 1.82) is 5.26 Å². The minimum absolute atomic E-state index is 0.0588. The lowest BCUT2D eigenvalue weighted by atomic mass is 10.2. The largest absolute Gasteiger partial charge is 0.307 e. The fourth-order valence-electron chi connectivity index (χ4n) is 1.36. The number of nitro benzene ring substituents is 1. The Morgan fingerprint density at radius 1 is 1.45 bits per heavy atom. The van der Waals surface area contributed by atoms with Crippen LogP contribution < -0.4 is 4.72 Å². The van der Waals surface area contributed by atoms with Crippen molar-refractivity contribution in [3.05, 3.63) is 33.9 Å². The molecule has 0 aliphatic heterocycles. The molecule has 1 aromatic rings. The summed E-state index contributed by atoms with van der Waals surface area (Å²) in [7, 11) is -4.25. The molecule has 0 saturated carbocycles. The van der Waals surface area contributed by atoms with Crippen LogP contribution in [-0.2, 0) is 10.0 Å². The molecule has 1 aromatic carbocycles. The van der Waals surface area contributed by atoms with E-state index >= 15 is 0 Å².